The number of hydrogen-bond donors (Lipinski definition) is 2. The molecular formula is C20H26N2O4S. The van der Waals surface area contributed by atoms with Gasteiger partial charge in [0, 0.05) is 23.5 Å². The van der Waals surface area contributed by atoms with Crippen molar-refractivity contribution >= 4 is 21.4 Å². The predicted molar refractivity (Wildman–Crippen MR) is 107 cm³/mol. The minimum absolute atomic E-state index is 0.115. The van der Waals surface area contributed by atoms with Gasteiger partial charge in [-0.05, 0) is 49.2 Å². The molecule has 0 spiro atoms. The van der Waals surface area contributed by atoms with Crippen molar-refractivity contribution in [2.45, 2.75) is 43.0 Å². The molecule has 0 amide bonds. The molecule has 2 aromatic carbocycles. The van der Waals surface area contributed by atoms with Crippen molar-refractivity contribution in [2.24, 2.45) is 0 Å². The van der Waals surface area contributed by atoms with Gasteiger partial charge in [-0.25, -0.2) is 8.42 Å². The fourth-order valence-electron chi connectivity index (χ4n) is 3.31. The van der Waals surface area contributed by atoms with Crippen molar-refractivity contribution < 1.29 is 17.9 Å². The molecule has 0 aliphatic heterocycles. The molecule has 0 radical (unpaired) electrons. The first-order valence-corrected chi connectivity index (χ1v) is 10.6. The second kappa shape index (κ2) is 8.52. The van der Waals surface area contributed by atoms with Crippen molar-refractivity contribution in [3.05, 3.63) is 42.5 Å². The van der Waals surface area contributed by atoms with E-state index < -0.39 is 10.0 Å². The lowest BCUT2D eigenvalue weighted by Gasteiger charge is -2.24. The van der Waals surface area contributed by atoms with E-state index in [2.05, 4.69) is 10.0 Å². The van der Waals surface area contributed by atoms with Crippen LogP contribution < -0.4 is 19.5 Å². The Morgan fingerprint density at radius 1 is 0.852 bits per heavy atom. The Bertz CT molecular complexity index is 860. The van der Waals surface area contributed by atoms with Gasteiger partial charge in [-0.15, -0.1) is 0 Å². The molecule has 3 rings (SSSR count). The lowest BCUT2D eigenvalue weighted by molar-refractivity contribution is 0.354. The smallest absolute Gasteiger partial charge is 0.262 e. The zero-order valence-electron chi connectivity index (χ0n) is 15.7. The third kappa shape index (κ3) is 4.86. The van der Waals surface area contributed by atoms with Crippen LogP contribution in [0.25, 0.3) is 0 Å². The summed E-state index contributed by atoms with van der Waals surface area (Å²) < 4.78 is 38.2. The summed E-state index contributed by atoms with van der Waals surface area (Å²) >= 11 is 0. The van der Waals surface area contributed by atoms with Gasteiger partial charge in [0.1, 0.15) is 0 Å². The fourth-order valence-corrected chi connectivity index (χ4v) is 4.39. The minimum atomic E-state index is -3.72. The van der Waals surface area contributed by atoms with Crippen molar-refractivity contribution in [3.63, 3.8) is 0 Å². The lowest BCUT2D eigenvalue weighted by atomic mass is 9.95. The second-order valence-corrected chi connectivity index (χ2v) is 8.36. The Hall–Kier alpha value is -2.41. The first kappa shape index (κ1) is 19.4. The highest BCUT2D eigenvalue weighted by atomic mass is 32.2. The van der Waals surface area contributed by atoms with E-state index in [1.807, 2.05) is 12.1 Å². The number of sulfonamides is 1. The van der Waals surface area contributed by atoms with E-state index in [9.17, 15) is 8.42 Å². The molecule has 2 N–H and O–H groups in total. The predicted octanol–water partition coefficient (Wildman–Crippen LogP) is 4.25. The molecule has 0 unspecified atom stereocenters. The number of methoxy groups -OCH3 is 2. The summed E-state index contributed by atoms with van der Waals surface area (Å²) in [5, 5.41) is 3.52. The van der Waals surface area contributed by atoms with E-state index in [4.69, 9.17) is 9.47 Å². The van der Waals surface area contributed by atoms with Gasteiger partial charge >= 0.3 is 0 Å². The van der Waals surface area contributed by atoms with Crippen molar-refractivity contribution in [1.82, 2.24) is 0 Å². The summed E-state index contributed by atoms with van der Waals surface area (Å²) in [6.45, 7) is 0. The topological polar surface area (TPSA) is 76.7 Å². The van der Waals surface area contributed by atoms with Crippen molar-refractivity contribution in [2.75, 3.05) is 24.3 Å². The SMILES string of the molecule is COc1ccc(S(=O)(=O)Nc2ccc(NC3CCCCC3)cc2)cc1OC. The molecule has 2 aromatic rings. The Morgan fingerprint density at radius 2 is 1.48 bits per heavy atom. The normalized spacial score (nSPS) is 15.2. The van der Waals surface area contributed by atoms with E-state index in [1.165, 1.54) is 58.5 Å². The van der Waals surface area contributed by atoms with Crippen LogP contribution in [0.1, 0.15) is 32.1 Å². The van der Waals surface area contributed by atoms with Gasteiger partial charge in [0.25, 0.3) is 10.0 Å². The average molecular weight is 391 g/mol. The zero-order valence-corrected chi connectivity index (χ0v) is 16.5. The number of ether oxygens (including phenoxy) is 2. The Balaban J connectivity index is 1.70. The standard InChI is InChI=1S/C20H26N2O4S/c1-25-19-13-12-18(14-20(19)26-2)27(23,24)22-17-10-8-16(9-11-17)21-15-6-4-3-5-7-15/h8-15,21-22H,3-7H2,1-2H3. The Morgan fingerprint density at radius 3 is 2.11 bits per heavy atom. The molecule has 0 aromatic heterocycles. The van der Waals surface area contributed by atoms with Crippen LogP contribution >= 0.6 is 0 Å². The average Bonchev–Trinajstić information content (AvgIpc) is 2.69. The highest BCUT2D eigenvalue weighted by Crippen LogP contribution is 2.30. The number of rotatable bonds is 7. The van der Waals surface area contributed by atoms with E-state index in [0.29, 0.717) is 23.2 Å². The molecule has 7 heteroatoms. The molecule has 0 heterocycles. The highest BCUT2D eigenvalue weighted by molar-refractivity contribution is 7.92. The van der Waals surface area contributed by atoms with Crippen LogP contribution in [0, 0.1) is 0 Å². The van der Waals surface area contributed by atoms with Gasteiger partial charge in [0.2, 0.25) is 0 Å². The van der Waals surface area contributed by atoms with Gasteiger partial charge in [0.05, 0.1) is 19.1 Å². The van der Waals surface area contributed by atoms with Crippen molar-refractivity contribution in [1.29, 1.82) is 0 Å². The number of benzene rings is 2. The zero-order chi connectivity index (χ0) is 19.3. The third-order valence-electron chi connectivity index (χ3n) is 4.78. The van der Waals surface area contributed by atoms with E-state index in [0.717, 1.165) is 5.69 Å². The first-order valence-electron chi connectivity index (χ1n) is 9.13. The van der Waals surface area contributed by atoms with Crippen LogP contribution in [0.15, 0.2) is 47.4 Å². The number of nitrogens with one attached hydrogen (secondary N) is 2. The molecule has 1 aliphatic carbocycles. The largest absolute Gasteiger partial charge is 0.493 e. The summed E-state index contributed by atoms with van der Waals surface area (Å²) in [5.41, 5.74) is 1.52. The van der Waals surface area contributed by atoms with Crippen LogP contribution in [0.5, 0.6) is 11.5 Å². The Labute approximate surface area is 160 Å². The maximum Gasteiger partial charge on any atom is 0.262 e. The van der Waals surface area contributed by atoms with E-state index in [-0.39, 0.29) is 4.90 Å². The highest BCUT2D eigenvalue weighted by Gasteiger charge is 2.17. The lowest BCUT2D eigenvalue weighted by Crippen LogP contribution is -2.22. The Kier molecular flexibility index (Phi) is 6.11. The maximum atomic E-state index is 12.6. The van der Waals surface area contributed by atoms with Crippen LogP contribution in [0.2, 0.25) is 0 Å². The quantitative estimate of drug-likeness (QED) is 0.739. The first-order chi connectivity index (χ1) is 13.0. The van der Waals surface area contributed by atoms with Crippen LogP contribution in [-0.4, -0.2) is 28.7 Å². The fraction of sp³-hybridized carbons (Fsp3) is 0.400. The summed E-state index contributed by atoms with van der Waals surface area (Å²) in [4.78, 5) is 0.115. The summed E-state index contributed by atoms with van der Waals surface area (Å²) in [6.07, 6.45) is 6.22. The van der Waals surface area contributed by atoms with Gasteiger partial charge in [-0.2, -0.15) is 0 Å². The van der Waals surface area contributed by atoms with Crippen LogP contribution in [0.4, 0.5) is 11.4 Å². The monoisotopic (exact) mass is 390 g/mol. The molecular weight excluding hydrogens is 364 g/mol. The van der Waals surface area contributed by atoms with Crippen molar-refractivity contribution in [3.8, 4) is 11.5 Å². The van der Waals surface area contributed by atoms with E-state index >= 15 is 0 Å². The van der Waals surface area contributed by atoms with E-state index in [1.54, 1.807) is 18.2 Å². The summed E-state index contributed by atoms with van der Waals surface area (Å²) in [5.74, 6) is 0.849. The summed E-state index contributed by atoms with van der Waals surface area (Å²) in [7, 11) is -0.738. The molecule has 1 saturated carbocycles. The second-order valence-electron chi connectivity index (χ2n) is 6.68. The maximum absolute atomic E-state index is 12.6. The molecule has 0 bridgehead atoms. The van der Waals surface area contributed by atoms with Crippen LogP contribution in [0.3, 0.4) is 0 Å². The van der Waals surface area contributed by atoms with Gasteiger partial charge < -0.3 is 14.8 Å². The molecule has 1 aliphatic rings. The van der Waals surface area contributed by atoms with Crippen LogP contribution in [-0.2, 0) is 10.0 Å². The van der Waals surface area contributed by atoms with Gasteiger partial charge in [-0.1, -0.05) is 19.3 Å². The molecule has 27 heavy (non-hydrogen) atoms. The minimum Gasteiger partial charge on any atom is -0.493 e. The van der Waals surface area contributed by atoms with Gasteiger partial charge in [0.15, 0.2) is 11.5 Å². The van der Waals surface area contributed by atoms with Gasteiger partial charge in [-0.3, -0.25) is 4.72 Å². The number of anilines is 2. The molecule has 0 atom stereocenters. The molecule has 1 fully saturated rings. The summed E-state index contributed by atoms with van der Waals surface area (Å²) in [6, 6.07) is 12.4. The number of hydrogen-bond acceptors (Lipinski definition) is 5. The molecule has 0 saturated heterocycles. The third-order valence-corrected chi connectivity index (χ3v) is 6.16. The molecule has 6 nitrogen and oxygen atoms in total. The molecule has 146 valence electrons.